The third kappa shape index (κ3) is 13.4. The van der Waals surface area contributed by atoms with E-state index in [9.17, 15) is 4.79 Å². The van der Waals surface area contributed by atoms with Crippen molar-refractivity contribution in [1.29, 1.82) is 0 Å². The third-order valence-corrected chi connectivity index (χ3v) is 3.11. The predicted molar refractivity (Wildman–Crippen MR) is 79.0 cm³/mol. The molecule has 0 aliphatic heterocycles. The monoisotopic (exact) mass is 270 g/mol. The summed E-state index contributed by atoms with van der Waals surface area (Å²) >= 11 is 0. The maximum Gasteiger partial charge on any atom is 0.188 e. The van der Waals surface area contributed by atoms with E-state index in [2.05, 4.69) is 6.92 Å². The fourth-order valence-corrected chi connectivity index (χ4v) is 1.97. The van der Waals surface area contributed by atoms with E-state index in [-0.39, 0.29) is 6.79 Å². The zero-order chi connectivity index (χ0) is 14.2. The topological polar surface area (TPSA) is 35.5 Å². The normalized spacial score (nSPS) is 11.6. The van der Waals surface area contributed by atoms with Crippen molar-refractivity contribution in [2.45, 2.75) is 71.1 Å². The van der Waals surface area contributed by atoms with E-state index < -0.39 is 0 Å². The third-order valence-electron chi connectivity index (χ3n) is 3.11. The minimum absolute atomic E-state index is 0.141. The lowest BCUT2D eigenvalue weighted by Gasteiger charge is -2.03. The summed E-state index contributed by atoms with van der Waals surface area (Å²) < 4.78 is 9.85. The zero-order valence-corrected chi connectivity index (χ0v) is 12.7. The number of allylic oxidation sites excluding steroid dienone is 2. The van der Waals surface area contributed by atoms with Gasteiger partial charge in [-0.1, -0.05) is 58.3 Å². The summed E-state index contributed by atoms with van der Waals surface area (Å²) in [7, 11) is 1.54. The highest BCUT2D eigenvalue weighted by atomic mass is 16.7. The second-order valence-corrected chi connectivity index (χ2v) is 4.89. The molecule has 0 atom stereocenters. The molecule has 0 fully saturated rings. The maximum atomic E-state index is 10.7. The van der Waals surface area contributed by atoms with Gasteiger partial charge in [0.2, 0.25) is 0 Å². The molecule has 0 radical (unpaired) electrons. The molecule has 0 rings (SSSR count). The largest absolute Gasteiger partial charge is 0.464 e. The molecule has 0 N–H and O–H groups in total. The van der Waals surface area contributed by atoms with Crippen LogP contribution >= 0.6 is 0 Å². The van der Waals surface area contributed by atoms with Gasteiger partial charge in [0, 0.05) is 7.11 Å². The molecular formula is C16H30O3. The standard InChI is InChI=1S/C16H30O3/c1-3-4-5-6-7-8-9-10-11-12-13-16(14-17)19-15-18-2/h13-14H,3-12,15H2,1-2H3/b16-13+. The number of carbonyl (C=O) groups is 1. The summed E-state index contributed by atoms with van der Waals surface area (Å²) in [6.45, 7) is 2.39. The predicted octanol–water partition coefficient (Wildman–Crippen LogP) is 4.61. The molecule has 0 aliphatic carbocycles. The van der Waals surface area contributed by atoms with Gasteiger partial charge in [-0.2, -0.15) is 0 Å². The molecule has 0 aromatic heterocycles. The lowest BCUT2D eigenvalue weighted by atomic mass is 10.1. The van der Waals surface area contributed by atoms with E-state index in [0.717, 1.165) is 19.1 Å². The number of unbranched alkanes of at least 4 members (excludes halogenated alkanes) is 9. The van der Waals surface area contributed by atoms with Crippen molar-refractivity contribution in [3.63, 3.8) is 0 Å². The highest BCUT2D eigenvalue weighted by molar-refractivity contribution is 5.69. The Morgan fingerprint density at radius 1 is 0.947 bits per heavy atom. The fraction of sp³-hybridized carbons (Fsp3) is 0.812. The first-order chi connectivity index (χ1) is 9.35. The van der Waals surface area contributed by atoms with Crippen LogP contribution in [0.2, 0.25) is 0 Å². The molecule has 0 unspecified atom stereocenters. The van der Waals surface area contributed by atoms with Crippen molar-refractivity contribution < 1.29 is 14.3 Å². The SMILES string of the molecule is CCCCCCCCCCC/C=C(\C=O)OCOC. The molecule has 0 spiro atoms. The van der Waals surface area contributed by atoms with Gasteiger partial charge in [0.25, 0.3) is 0 Å². The van der Waals surface area contributed by atoms with Crippen LogP contribution in [0.5, 0.6) is 0 Å². The van der Waals surface area contributed by atoms with Crippen LogP contribution in [0.3, 0.4) is 0 Å². The van der Waals surface area contributed by atoms with Crippen LogP contribution in [-0.2, 0) is 14.3 Å². The number of rotatable bonds is 14. The summed E-state index contributed by atoms with van der Waals surface area (Å²) in [4.78, 5) is 10.7. The van der Waals surface area contributed by atoms with Gasteiger partial charge in [-0.15, -0.1) is 0 Å². The van der Waals surface area contributed by atoms with E-state index in [1.54, 1.807) is 7.11 Å². The van der Waals surface area contributed by atoms with Crippen LogP contribution < -0.4 is 0 Å². The maximum absolute atomic E-state index is 10.7. The second-order valence-electron chi connectivity index (χ2n) is 4.89. The van der Waals surface area contributed by atoms with E-state index in [0.29, 0.717) is 5.76 Å². The Morgan fingerprint density at radius 2 is 1.53 bits per heavy atom. The molecule has 112 valence electrons. The highest BCUT2D eigenvalue weighted by Crippen LogP contribution is 2.11. The Labute approximate surface area is 118 Å². The Bertz CT molecular complexity index is 224. The summed E-state index contributed by atoms with van der Waals surface area (Å²) in [5, 5.41) is 0. The van der Waals surface area contributed by atoms with Crippen LogP contribution in [0, 0.1) is 0 Å². The molecule has 19 heavy (non-hydrogen) atoms. The smallest absolute Gasteiger partial charge is 0.188 e. The minimum Gasteiger partial charge on any atom is -0.464 e. The van der Waals surface area contributed by atoms with Crippen LogP contribution in [0.4, 0.5) is 0 Å². The molecule has 0 bridgehead atoms. The van der Waals surface area contributed by atoms with Gasteiger partial charge in [0.1, 0.15) is 0 Å². The summed E-state index contributed by atoms with van der Waals surface area (Å²) in [5.74, 6) is 0.390. The van der Waals surface area contributed by atoms with Gasteiger partial charge in [0.15, 0.2) is 18.8 Å². The van der Waals surface area contributed by atoms with Crippen LogP contribution in [0.1, 0.15) is 71.1 Å². The molecule has 0 aromatic carbocycles. The highest BCUT2D eigenvalue weighted by Gasteiger charge is 1.95. The quantitative estimate of drug-likeness (QED) is 0.152. The molecule has 0 amide bonds. The molecule has 0 aliphatic rings. The van der Waals surface area contributed by atoms with Gasteiger partial charge in [-0.05, 0) is 18.9 Å². The average Bonchev–Trinajstić information content (AvgIpc) is 2.44. The van der Waals surface area contributed by atoms with Crippen LogP contribution in [-0.4, -0.2) is 20.2 Å². The van der Waals surface area contributed by atoms with Gasteiger partial charge < -0.3 is 9.47 Å². The number of hydrogen-bond donors (Lipinski definition) is 0. The zero-order valence-electron chi connectivity index (χ0n) is 12.7. The van der Waals surface area contributed by atoms with Gasteiger partial charge in [0.05, 0.1) is 0 Å². The Morgan fingerprint density at radius 3 is 2.05 bits per heavy atom. The van der Waals surface area contributed by atoms with Gasteiger partial charge in [-0.25, -0.2) is 0 Å². The molecule has 0 saturated carbocycles. The number of carbonyl (C=O) groups excluding carboxylic acids is 1. The minimum atomic E-state index is 0.141. The summed E-state index contributed by atoms with van der Waals surface area (Å²) in [6, 6.07) is 0. The van der Waals surface area contributed by atoms with Crippen molar-refractivity contribution in [2.75, 3.05) is 13.9 Å². The van der Waals surface area contributed by atoms with E-state index in [1.165, 1.54) is 51.4 Å². The lowest BCUT2D eigenvalue weighted by Crippen LogP contribution is -1.97. The van der Waals surface area contributed by atoms with Crippen LogP contribution in [0.15, 0.2) is 11.8 Å². The van der Waals surface area contributed by atoms with E-state index >= 15 is 0 Å². The van der Waals surface area contributed by atoms with Crippen molar-refractivity contribution in [2.24, 2.45) is 0 Å². The Kier molecular flexibility index (Phi) is 14.6. The summed E-state index contributed by atoms with van der Waals surface area (Å²) in [5.41, 5.74) is 0. The van der Waals surface area contributed by atoms with Crippen molar-refractivity contribution in [1.82, 2.24) is 0 Å². The molecule has 3 nitrogen and oxygen atoms in total. The van der Waals surface area contributed by atoms with Gasteiger partial charge >= 0.3 is 0 Å². The molecule has 0 aromatic rings. The van der Waals surface area contributed by atoms with Crippen molar-refractivity contribution in [3.8, 4) is 0 Å². The first kappa shape index (κ1) is 18.2. The lowest BCUT2D eigenvalue weighted by molar-refractivity contribution is -0.110. The molecule has 0 saturated heterocycles. The first-order valence-electron chi connectivity index (χ1n) is 7.62. The molecular weight excluding hydrogens is 240 g/mol. The number of aldehydes is 1. The van der Waals surface area contributed by atoms with Gasteiger partial charge in [-0.3, -0.25) is 4.79 Å². The molecule has 0 heterocycles. The number of hydrogen-bond acceptors (Lipinski definition) is 3. The van der Waals surface area contributed by atoms with E-state index in [4.69, 9.17) is 9.47 Å². The van der Waals surface area contributed by atoms with E-state index in [1.807, 2.05) is 6.08 Å². The van der Waals surface area contributed by atoms with Crippen LogP contribution in [0.25, 0.3) is 0 Å². The number of ether oxygens (including phenoxy) is 2. The Balaban J connectivity index is 3.33. The second kappa shape index (κ2) is 15.2. The average molecular weight is 270 g/mol. The van der Waals surface area contributed by atoms with Crippen molar-refractivity contribution >= 4 is 6.29 Å². The summed E-state index contributed by atoms with van der Waals surface area (Å²) in [6.07, 6.45) is 15.3. The first-order valence-corrected chi connectivity index (χ1v) is 7.62. The molecule has 3 heteroatoms. The number of methoxy groups -OCH3 is 1. The van der Waals surface area contributed by atoms with Crippen molar-refractivity contribution in [3.05, 3.63) is 11.8 Å². The fourth-order valence-electron chi connectivity index (χ4n) is 1.97. The Hall–Kier alpha value is -0.830.